The first-order chi connectivity index (χ1) is 11.4. The van der Waals surface area contributed by atoms with Gasteiger partial charge in [0.05, 0.1) is 0 Å². The minimum atomic E-state index is -1.64. The normalized spacial score (nSPS) is 21.8. The van der Waals surface area contributed by atoms with Crippen molar-refractivity contribution in [2.24, 2.45) is 0 Å². The highest BCUT2D eigenvalue weighted by molar-refractivity contribution is 5.77. The summed E-state index contributed by atoms with van der Waals surface area (Å²) >= 11 is 0. The third-order valence-electron chi connectivity index (χ3n) is 4.86. The lowest BCUT2D eigenvalue weighted by Gasteiger charge is -2.37. The highest BCUT2D eigenvalue weighted by Gasteiger charge is 2.39. The summed E-state index contributed by atoms with van der Waals surface area (Å²) in [5, 5.41) is 19.2. The maximum Gasteiger partial charge on any atom is 0.335 e. The van der Waals surface area contributed by atoms with E-state index in [-0.39, 0.29) is 18.8 Å². The maximum atomic E-state index is 11.1. The molecule has 0 aromatic carbocycles. The number of nitrogens with two attached hydrogens (primary N) is 1. The van der Waals surface area contributed by atoms with Gasteiger partial charge in [-0.2, -0.15) is 9.97 Å². The third-order valence-corrected chi connectivity index (χ3v) is 4.86. The van der Waals surface area contributed by atoms with Gasteiger partial charge in [0, 0.05) is 58.2 Å². The van der Waals surface area contributed by atoms with Crippen molar-refractivity contribution in [2.45, 2.75) is 18.4 Å². The van der Waals surface area contributed by atoms with Gasteiger partial charge >= 0.3 is 5.97 Å². The number of hydrogen-bond acceptors (Lipinski definition) is 8. The summed E-state index contributed by atoms with van der Waals surface area (Å²) in [5.74, 6) is 0.525. The molecule has 9 heteroatoms. The number of carbonyl (C=O) groups is 1. The molecule has 2 aliphatic rings. The van der Waals surface area contributed by atoms with Crippen LogP contribution in [0.4, 0.5) is 17.6 Å². The number of aliphatic carboxylic acids is 1. The second-order valence-electron chi connectivity index (χ2n) is 6.56. The van der Waals surface area contributed by atoms with Crippen LogP contribution in [0.25, 0.3) is 0 Å². The van der Waals surface area contributed by atoms with Crippen molar-refractivity contribution in [2.75, 3.05) is 61.8 Å². The molecule has 0 bridgehead atoms. The molecule has 2 aliphatic heterocycles. The summed E-state index contributed by atoms with van der Waals surface area (Å²) in [6, 6.07) is 1.90. The molecular weight excluding hydrogens is 312 g/mol. The Morgan fingerprint density at radius 3 is 2.08 bits per heavy atom. The Balaban J connectivity index is 1.74. The van der Waals surface area contributed by atoms with Crippen molar-refractivity contribution in [3.63, 3.8) is 0 Å². The van der Waals surface area contributed by atoms with E-state index in [2.05, 4.69) is 26.8 Å². The van der Waals surface area contributed by atoms with Gasteiger partial charge in [0.15, 0.2) is 5.60 Å². The first kappa shape index (κ1) is 16.7. The number of anilines is 3. The summed E-state index contributed by atoms with van der Waals surface area (Å²) in [6.07, 6.45) is 0.326. The largest absolute Gasteiger partial charge is 0.479 e. The molecule has 1 aromatic rings. The van der Waals surface area contributed by atoms with Crippen LogP contribution in [-0.4, -0.2) is 83.0 Å². The molecule has 4 N–H and O–H groups in total. The van der Waals surface area contributed by atoms with Crippen molar-refractivity contribution >= 4 is 23.6 Å². The van der Waals surface area contributed by atoms with E-state index >= 15 is 0 Å². The summed E-state index contributed by atoms with van der Waals surface area (Å²) in [4.78, 5) is 26.2. The quantitative estimate of drug-likeness (QED) is 0.653. The minimum absolute atomic E-state index is 0.163. The van der Waals surface area contributed by atoms with Crippen molar-refractivity contribution in [1.29, 1.82) is 0 Å². The Morgan fingerprint density at radius 2 is 1.58 bits per heavy atom. The molecule has 0 aliphatic carbocycles. The van der Waals surface area contributed by atoms with Gasteiger partial charge in [0.1, 0.15) is 11.6 Å². The number of likely N-dealkylation sites (N-methyl/N-ethyl adjacent to an activating group) is 1. The Labute approximate surface area is 140 Å². The van der Waals surface area contributed by atoms with E-state index in [1.54, 1.807) is 0 Å². The van der Waals surface area contributed by atoms with Crippen LogP contribution in [0.3, 0.4) is 0 Å². The number of carboxylic acid groups (broad SMARTS) is 1. The predicted octanol–water partition coefficient (Wildman–Crippen LogP) is -0.773. The Kier molecular flexibility index (Phi) is 4.46. The van der Waals surface area contributed by atoms with Gasteiger partial charge in [0.25, 0.3) is 0 Å². The van der Waals surface area contributed by atoms with Crippen molar-refractivity contribution in [3.05, 3.63) is 6.07 Å². The zero-order chi connectivity index (χ0) is 17.3. The fraction of sp³-hybridized carbons (Fsp3) is 0.667. The Morgan fingerprint density at radius 1 is 1.08 bits per heavy atom. The first-order valence-corrected chi connectivity index (χ1v) is 8.16. The van der Waals surface area contributed by atoms with E-state index in [1.807, 2.05) is 11.0 Å². The molecule has 24 heavy (non-hydrogen) atoms. The van der Waals surface area contributed by atoms with Gasteiger partial charge in [0.2, 0.25) is 5.95 Å². The predicted molar refractivity (Wildman–Crippen MR) is 90.2 cm³/mol. The fourth-order valence-electron chi connectivity index (χ4n) is 3.12. The zero-order valence-corrected chi connectivity index (χ0v) is 13.9. The SMILES string of the molecule is CN1CCN(c2cc(N3CCC(O)(C(=O)O)CC3)nc(N)n2)CC1. The molecule has 2 fully saturated rings. The molecule has 1 aromatic heterocycles. The molecule has 3 heterocycles. The molecule has 0 unspecified atom stereocenters. The molecule has 0 radical (unpaired) electrons. The smallest absolute Gasteiger partial charge is 0.335 e. The number of aliphatic hydroxyl groups is 1. The molecule has 2 saturated heterocycles. The second-order valence-corrected chi connectivity index (χ2v) is 6.56. The van der Waals surface area contributed by atoms with Gasteiger partial charge in [-0.3, -0.25) is 0 Å². The average molecular weight is 336 g/mol. The first-order valence-electron chi connectivity index (χ1n) is 8.16. The lowest BCUT2D eigenvalue weighted by molar-refractivity contribution is -0.160. The van der Waals surface area contributed by atoms with E-state index in [0.29, 0.717) is 18.9 Å². The molecule has 0 spiro atoms. The Bertz CT molecular complexity index is 609. The molecule has 3 rings (SSSR count). The monoisotopic (exact) mass is 336 g/mol. The highest BCUT2D eigenvalue weighted by atomic mass is 16.4. The van der Waals surface area contributed by atoms with Crippen LogP contribution in [0.5, 0.6) is 0 Å². The number of nitrogen functional groups attached to an aromatic ring is 1. The van der Waals surface area contributed by atoms with Crippen LogP contribution in [0.2, 0.25) is 0 Å². The van der Waals surface area contributed by atoms with Gasteiger partial charge in [-0.05, 0) is 7.05 Å². The summed E-state index contributed by atoms with van der Waals surface area (Å²) in [5.41, 5.74) is 4.23. The number of carboxylic acids is 1. The Hall–Kier alpha value is -2.13. The van der Waals surface area contributed by atoms with Crippen LogP contribution in [0.15, 0.2) is 6.07 Å². The lowest BCUT2D eigenvalue weighted by Crippen LogP contribution is -2.49. The van der Waals surface area contributed by atoms with E-state index in [9.17, 15) is 9.90 Å². The zero-order valence-electron chi connectivity index (χ0n) is 13.9. The lowest BCUT2D eigenvalue weighted by atomic mass is 9.92. The van der Waals surface area contributed by atoms with E-state index in [4.69, 9.17) is 10.8 Å². The average Bonchev–Trinajstić information content (AvgIpc) is 2.55. The number of aromatic nitrogens is 2. The topological polar surface area (TPSA) is 119 Å². The summed E-state index contributed by atoms with van der Waals surface area (Å²) < 4.78 is 0. The maximum absolute atomic E-state index is 11.1. The van der Waals surface area contributed by atoms with Crippen LogP contribution < -0.4 is 15.5 Å². The molecule has 0 amide bonds. The number of hydrogen-bond donors (Lipinski definition) is 3. The molecule has 9 nitrogen and oxygen atoms in total. The molecule has 0 atom stereocenters. The van der Waals surface area contributed by atoms with E-state index < -0.39 is 11.6 Å². The fourth-order valence-corrected chi connectivity index (χ4v) is 3.12. The molecular formula is C15H24N6O3. The van der Waals surface area contributed by atoms with Crippen LogP contribution >= 0.6 is 0 Å². The number of piperazine rings is 1. The number of piperidine rings is 1. The van der Waals surface area contributed by atoms with E-state index in [0.717, 1.165) is 32.0 Å². The number of rotatable bonds is 3. The van der Waals surface area contributed by atoms with Gasteiger partial charge in [-0.15, -0.1) is 0 Å². The molecule has 132 valence electrons. The van der Waals surface area contributed by atoms with Crippen LogP contribution in [0, 0.1) is 0 Å². The standard InChI is InChI=1S/C15H24N6O3/c1-19-6-8-21(9-7-19)12-10-11(17-14(16)18-12)20-4-2-15(24,3-5-20)13(22)23/h10,24H,2-9H2,1H3,(H,22,23)(H2,16,17,18). The van der Waals surface area contributed by atoms with Crippen molar-refractivity contribution < 1.29 is 15.0 Å². The second kappa shape index (κ2) is 6.40. The summed E-state index contributed by atoms with van der Waals surface area (Å²) in [7, 11) is 2.09. The highest BCUT2D eigenvalue weighted by Crippen LogP contribution is 2.28. The summed E-state index contributed by atoms with van der Waals surface area (Å²) in [6.45, 7) is 4.53. The van der Waals surface area contributed by atoms with Crippen LogP contribution in [-0.2, 0) is 4.79 Å². The van der Waals surface area contributed by atoms with Crippen molar-refractivity contribution in [1.82, 2.24) is 14.9 Å². The van der Waals surface area contributed by atoms with E-state index in [1.165, 1.54) is 0 Å². The van der Waals surface area contributed by atoms with Gasteiger partial charge in [-0.25, -0.2) is 4.79 Å². The van der Waals surface area contributed by atoms with Gasteiger partial charge < -0.3 is 30.6 Å². The van der Waals surface area contributed by atoms with Crippen molar-refractivity contribution in [3.8, 4) is 0 Å². The third kappa shape index (κ3) is 3.36. The minimum Gasteiger partial charge on any atom is -0.479 e. The molecule has 0 saturated carbocycles. The van der Waals surface area contributed by atoms with Gasteiger partial charge in [-0.1, -0.05) is 0 Å². The van der Waals surface area contributed by atoms with Crippen LogP contribution in [0.1, 0.15) is 12.8 Å². The number of nitrogens with zero attached hydrogens (tertiary/aromatic N) is 5.